The summed E-state index contributed by atoms with van der Waals surface area (Å²) >= 11 is 0. The van der Waals surface area contributed by atoms with Crippen molar-refractivity contribution < 1.29 is 4.74 Å². The smallest absolute Gasteiger partial charge is 0.0931 e. The fourth-order valence-electron chi connectivity index (χ4n) is 2.58. The summed E-state index contributed by atoms with van der Waals surface area (Å²) in [6, 6.07) is 10.8. The van der Waals surface area contributed by atoms with Gasteiger partial charge in [-0.15, -0.1) is 0 Å². The quantitative estimate of drug-likeness (QED) is 0.576. The molecule has 0 aliphatic heterocycles. The van der Waals surface area contributed by atoms with Gasteiger partial charge in [-0.2, -0.15) is 0 Å². The number of unbranched alkanes of at least 4 members (excludes halogenated alkanes) is 2. The summed E-state index contributed by atoms with van der Waals surface area (Å²) in [7, 11) is 0. The van der Waals surface area contributed by atoms with E-state index in [0.29, 0.717) is 0 Å². The van der Waals surface area contributed by atoms with Crippen molar-refractivity contribution in [2.45, 2.75) is 64.9 Å². The molecular formula is C17H28O. The predicted octanol–water partition coefficient (Wildman–Crippen LogP) is 5.30. The molecule has 0 amide bonds. The van der Waals surface area contributed by atoms with Gasteiger partial charge < -0.3 is 4.74 Å². The van der Waals surface area contributed by atoms with Gasteiger partial charge in [0.15, 0.2) is 0 Å². The molecule has 102 valence electrons. The van der Waals surface area contributed by atoms with Crippen LogP contribution in [-0.4, -0.2) is 6.61 Å². The fraction of sp³-hybridized carbons (Fsp3) is 0.647. The molecule has 0 N–H and O–H groups in total. The first-order valence-corrected chi connectivity index (χ1v) is 7.48. The highest BCUT2D eigenvalue weighted by Crippen LogP contribution is 2.36. The molecule has 18 heavy (non-hydrogen) atoms. The Morgan fingerprint density at radius 2 is 1.44 bits per heavy atom. The van der Waals surface area contributed by atoms with E-state index in [9.17, 15) is 0 Å². The summed E-state index contributed by atoms with van der Waals surface area (Å²) in [6.07, 6.45) is 7.21. The highest BCUT2D eigenvalue weighted by molar-refractivity contribution is 5.22. The standard InChI is InChI=1S/C17H28O/c1-4-7-14-17(18-6-3,15-8-5-2)16-12-10-9-11-13-16/h9-13H,4-8,14-15H2,1-3H3. The molecule has 0 saturated heterocycles. The molecule has 0 aliphatic carbocycles. The second-order valence-electron chi connectivity index (χ2n) is 5.00. The van der Waals surface area contributed by atoms with Crippen molar-refractivity contribution in [2.75, 3.05) is 6.61 Å². The van der Waals surface area contributed by atoms with Crippen LogP contribution in [-0.2, 0) is 10.3 Å². The van der Waals surface area contributed by atoms with Crippen LogP contribution in [0.1, 0.15) is 64.9 Å². The molecule has 0 saturated carbocycles. The van der Waals surface area contributed by atoms with E-state index in [1.165, 1.54) is 31.2 Å². The Balaban J connectivity index is 2.94. The minimum atomic E-state index is -0.0535. The second kappa shape index (κ2) is 8.31. The highest BCUT2D eigenvalue weighted by atomic mass is 16.5. The third-order valence-corrected chi connectivity index (χ3v) is 3.59. The second-order valence-corrected chi connectivity index (χ2v) is 5.00. The van der Waals surface area contributed by atoms with Crippen molar-refractivity contribution in [3.63, 3.8) is 0 Å². The van der Waals surface area contributed by atoms with Crippen molar-refractivity contribution >= 4 is 0 Å². The number of benzene rings is 1. The molecule has 0 radical (unpaired) electrons. The first-order chi connectivity index (χ1) is 8.79. The average molecular weight is 248 g/mol. The molecule has 0 bridgehead atoms. The van der Waals surface area contributed by atoms with E-state index in [0.717, 1.165) is 19.4 Å². The maximum absolute atomic E-state index is 6.22. The van der Waals surface area contributed by atoms with Crippen molar-refractivity contribution in [1.82, 2.24) is 0 Å². The van der Waals surface area contributed by atoms with Crippen LogP contribution in [0.5, 0.6) is 0 Å². The summed E-state index contributed by atoms with van der Waals surface area (Å²) < 4.78 is 6.22. The van der Waals surface area contributed by atoms with Gasteiger partial charge in [0, 0.05) is 6.61 Å². The van der Waals surface area contributed by atoms with Crippen LogP contribution >= 0.6 is 0 Å². The SMILES string of the molecule is CCCCC(CCCC)(OCC)c1ccccc1. The fourth-order valence-corrected chi connectivity index (χ4v) is 2.58. The van der Waals surface area contributed by atoms with Gasteiger partial charge in [-0.3, -0.25) is 0 Å². The van der Waals surface area contributed by atoms with Crippen LogP contribution in [0.25, 0.3) is 0 Å². The number of rotatable bonds is 9. The number of hydrogen-bond donors (Lipinski definition) is 0. The van der Waals surface area contributed by atoms with Crippen molar-refractivity contribution in [1.29, 1.82) is 0 Å². The van der Waals surface area contributed by atoms with Gasteiger partial charge in [0.05, 0.1) is 5.60 Å². The maximum Gasteiger partial charge on any atom is 0.0931 e. The monoisotopic (exact) mass is 248 g/mol. The highest BCUT2D eigenvalue weighted by Gasteiger charge is 2.31. The molecule has 1 nitrogen and oxygen atoms in total. The summed E-state index contributed by atoms with van der Waals surface area (Å²) in [5.74, 6) is 0. The Bertz CT molecular complexity index is 297. The third-order valence-electron chi connectivity index (χ3n) is 3.59. The van der Waals surface area contributed by atoms with Gasteiger partial charge in [0.25, 0.3) is 0 Å². The zero-order valence-electron chi connectivity index (χ0n) is 12.2. The topological polar surface area (TPSA) is 9.23 Å². The average Bonchev–Trinajstić information content (AvgIpc) is 2.43. The molecule has 0 aliphatic rings. The van der Waals surface area contributed by atoms with Crippen LogP contribution in [0.4, 0.5) is 0 Å². The lowest BCUT2D eigenvalue weighted by atomic mass is 9.84. The number of ether oxygens (including phenoxy) is 1. The predicted molar refractivity (Wildman–Crippen MR) is 78.8 cm³/mol. The van der Waals surface area contributed by atoms with Crippen molar-refractivity contribution in [3.8, 4) is 0 Å². The van der Waals surface area contributed by atoms with Crippen LogP contribution < -0.4 is 0 Å². The molecule has 0 unspecified atom stereocenters. The van der Waals surface area contributed by atoms with Gasteiger partial charge >= 0.3 is 0 Å². The summed E-state index contributed by atoms with van der Waals surface area (Å²) in [5.41, 5.74) is 1.30. The first kappa shape index (κ1) is 15.2. The Labute approximate surface area is 113 Å². The lowest BCUT2D eigenvalue weighted by molar-refractivity contribution is -0.0602. The van der Waals surface area contributed by atoms with Crippen LogP contribution in [0.2, 0.25) is 0 Å². The van der Waals surface area contributed by atoms with E-state index >= 15 is 0 Å². The van der Waals surface area contributed by atoms with Crippen molar-refractivity contribution in [2.24, 2.45) is 0 Å². The molecule has 0 aromatic heterocycles. The van der Waals surface area contributed by atoms with Gasteiger partial charge in [0.2, 0.25) is 0 Å². The van der Waals surface area contributed by atoms with E-state index in [1.807, 2.05) is 0 Å². The van der Waals surface area contributed by atoms with E-state index in [1.54, 1.807) is 0 Å². The van der Waals surface area contributed by atoms with Crippen LogP contribution in [0, 0.1) is 0 Å². The van der Waals surface area contributed by atoms with Gasteiger partial charge in [0.1, 0.15) is 0 Å². The van der Waals surface area contributed by atoms with Gasteiger partial charge in [-0.25, -0.2) is 0 Å². The number of hydrogen-bond acceptors (Lipinski definition) is 1. The zero-order chi connectivity index (χ0) is 13.3. The van der Waals surface area contributed by atoms with Crippen LogP contribution in [0.15, 0.2) is 30.3 Å². The molecule has 0 heterocycles. The molecule has 1 aromatic rings. The van der Waals surface area contributed by atoms with E-state index in [4.69, 9.17) is 4.74 Å². The Morgan fingerprint density at radius 1 is 0.889 bits per heavy atom. The largest absolute Gasteiger partial charge is 0.371 e. The van der Waals surface area contributed by atoms with Crippen LogP contribution in [0.3, 0.4) is 0 Å². The Hall–Kier alpha value is -0.820. The van der Waals surface area contributed by atoms with Gasteiger partial charge in [-0.05, 0) is 25.3 Å². The van der Waals surface area contributed by atoms with E-state index in [2.05, 4.69) is 51.1 Å². The molecule has 1 rings (SSSR count). The maximum atomic E-state index is 6.22. The lowest BCUT2D eigenvalue weighted by Crippen LogP contribution is -2.30. The third kappa shape index (κ3) is 4.13. The summed E-state index contributed by atoms with van der Waals surface area (Å²) in [6.45, 7) is 7.40. The van der Waals surface area contributed by atoms with Gasteiger partial charge in [-0.1, -0.05) is 69.9 Å². The Morgan fingerprint density at radius 3 is 1.89 bits per heavy atom. The summed E-state index contributed by atoms with van der Waals surface area (Å²) in [5, 5.41) is 0. The van der Waals surface area contributed by atoms with Crippen molar-refractivity contribution in [3.05, 3.63) is 35.9 Å². The van der Waals surface area contributed by atoms with E-state index in [-0.39, 0.29) is 5.60 Å². The zero-order valence-corrected chi connectivity index (χ0v) is 12.2. The first-order valence-electron chi connectivity index (χ1n) is 7.48. The molecule has 1 aromatic carbocycles. The minimum absolute atomic E-state index is 0.0535. The van der Waals surface area contributed by atoms with E-state index < -0.39 is 0 Å². The molecule has 0 atom stereocenters. The molecular weight excluding hydrogens is 220 g/mol. The molecule has 0 spiro atoms. The molecule has 0 fully saturated rings. The molecule has 1 heteroatoms. The summed E-state index contributed by atoms with van der Waals surface area (Å²) in [4.78, 5) is 0. The Kier molecular flexibility index (Phi) is 7.04. The minimum Gasteiger partial charge on any atom is -0.371 e. The lowest BCUT2D eigenvalue weighted by Gasteiger charge is -2.34. The normalized spacial score (nSPS) is 11.7.